The molecule has 2 amide bonds. The predicted molar refractivity (Wildman–Crippen MR) is 137 cm³/mol. The normalized spacial score (nSPS) is 21.0. The number of hydrogen-bond acceptors (Lipinski definition) is 5. The van der Waals surface area contributed by atoms with E-state index in [9.17, 15) is 4.79 Å². The van der Waals surface area contributed by atoms with Crippen molar-refractivity contribution >= 4 is 33.7 Å². The fourth-order valence-corrected chi connectivity index (χ4v) is 5.10. The average Bonchev–Trinajstić information content (AvgIpc) is 2.80. The van der Waals surface area contributed by atoms with Crippen molar-refractivity contribution in [2.45, 2.75) is 76.4 Å². The van der Waals surface area contributed by atoms with Crippen LogP contribution in [0.1, 0.15) is 68.3 Å². The van der Waals surface area contributed by atoms with Gasteiger partial charge in [0.15, 0.2) is 0 Å². The van der Waals surface area contributed by atoms with Crippen molar-refractivity contribution in [3.63, 3.8) is 0 Å². The molecule has 0 aliphatic heterocycles. The van der Waals surface area contributed by atoms with Crippen molar-refractivity contribution in [2.75, 3.05) is 24.3 Å². The zero-order valence-electron chi connectivity index (χ0n) is 19.8. The van der Waals surface area contributed by atoms with E-state index in [1.807, 2.05) is 31.2 Å². The molecule has 1 heterocycles. The van der Waals surface area contributed by atoms with Gasteiger partial charge in [-0.05, 0) is 76.0 Å². The van der Waals surface area contributed by atoms with Crippen LogP contribution in [-0.4, -0.2) is 42.2 Å². The summed E-state index contributed by atoms with van der Waals surface area (Å²) in [5.74, 6) is 1.80. The molecule has 0 bridgehead atoms. The van der Waals surface area contributed by atoms with Crippen LogP contribution in [0.2, 0.25) is 0 Å². The minimum atomic E-state index is -0.101. The Morgan fingerprint density at radius 1 is 1.03 bits per heavy atom. The number of urea groups is 1. The topological polar surface area (TPSA) is 82.2 Å². The highest BCUT2D eigenvalue weighted by atomic mass is 79.9. The summed E-state index contributed by atoms with van der Waals surface area (Å²) in [6.45, 7) is 2.00. The molecule has 4 rings (SSSR count). The molecule has 1 aromatic carbocycles. The third-order valence-electron chi connectivity index (χ3n) is 6.70. The number of benzene rings is 1. The van der Waals surface area contributed by atoms with Gasteiger partial charge in [-0.25, -0.2) is 9.78 Å². The fraction of sp³-hybridized carbons (Fsp3) is 0.560. The number of aryl methyl sites for hydroxylation is 1. The third kappa shape index (κ3) is 6.16. The molecule has 2 aromatic rings. The molecule has 178 valence electrons. The van der Waals surface area contributed by atoms with Crippen LogP contribution < -0.4 is 20.9 Å². The lowest BCUT2D eigenvalue weighted by Crippen LogP contribution is -2.45. The molecule has 1 unspecified atom stereocenters. The summed E-state index contributed by atoms with van der Waals surface area (Å²) < 4.78 is 1.03. The fourth-order valence-electron chi connectivity index (χ4n) is 4.83. The zero-order valence-corrected chi connectivity index (χ0v) is 21.4. The number of aromatic nitrogens is 2. The largest absolute Gasteiger partial charge is 0.362 e. The molecule has 1 aromatic heterocycles. The smallest absolute Gasteiger partial charge is 0.315 e. The Bertz CT molecular complexity index is 956. The number of carbonyl (C=O) groups excluding carboxylic acids is 1. The van der Waals surface area contributed by atoms with Gasteiger partial charge in [-0.3, -0.25) is 0 Å². The van der Waals surface area contributed by atoms with Gasteiger partial charge in [0.25, 0.3) is 0 Å². The summed E-state index contributed by atoms with van der Waals surface area (Å²) >= 11 is 3.45. The van der Waals surface area contributed by atoms with E-state index in [0.717, 1.165) is 60.3 Å². The number of anilines is 2. The molecule has 3 N–H and O–H groups in total. The van der Waals surface area contributed by atoms with Crippen molar-refractivity contribution in [2.24, 2.45) is 0 Å². The van der Waals surface area contributed by atoms with Gasteiger partial charge in [0.1, 0.15) is 5.82 Å². The van der Waals surface area contributed by atoms with Gasteiger partial charge >= 0.3 is 6.03 Å². The number of hydrogen-bond donors (Lipinski definition) is 3. The Labute approximate surface area is 205 Å². The second-order valence-electron chi connectivity index (χ2n) is 9.48. The lowest BCUT2D eigenvalue weighted by Gasteiger charge is -2.31. The maximum atomic E-state index is 12.5. The molecule has 1 fully saturated rings. The lowest BCUT2D eigenvalue weighted by atomic mass is 9.91. The lowest BCUT2D eigenvalue weighted by molar-refractivity contribution is 0.229. The monoisotopic (exact) mass is 514 g/mol. The molecule has 8 heteroatoms. The van der Waals surface area contributed by atoms with E-state index < -0.39 is 0 Å². The Balaban J connectivity index is 1.27. The van der Waals surface area contributed by atoms with Gasteiger partial charge < -0.3 is 20.9 Å². The molecular weight excluding hydrogens is 480 g/mol. The van der Waals surface area contributed by atoms with Crippen LogP contribution in [0.5, 0.6) is 0 Å². The van der Waals surface area contributed by atoms with E-state index in [2.05, 4.69) is 50.9 Å². The van der Waals surface area contributed by atoms with Gasteiger partial charge in [-0.1, -0.05) is 28.1 Å². The second kappa shape index (κ2) is 10.7. The van der Waals surface area contributed by atoms with Gasteiger partial charge in [-0.15, -0.1) is 0 Å². The van der Waals surface area contributed by atoms with Crippen molar-refractivity contribution in [1.82, 2.24) is 20.6 Å². The van der Waals surface area contributed by atoms with Crippen molar-refractivity contribution in [1.29, 1.82) is 0 Å². The van der Waals surface area contributed by atoms with Crippen LogP contribution >= 0.6 is 15.9 Å². The van der Waals surface area contributed by atoms with Crippen LogP contribution in [0.4, 0.5) is 16.6 Å². The number of halogens is 1. The Morgan fingerprint density at radius 2 is 1.70 bits per heavy atom. The van der Waals surface area contributed by atoms with E-state index in [-0.39, 0.29) is 18.1 Å². The number of fused-ring (bicyclic) bond motifs is 1. The molecule has 2 aliphatic rings. The summed E-state index contributed by atoms with van der Waals surface area (Å²) in [5.41, 5.74) is 3.60. The molecule has 1 saturated carbocycles. The highest BCUT2D eigenvalue weighted by Gasteiger charge is 2.25. The zero-order chi connectivity index (χ0) is 23.4. The summed E-state index contributed by atoms with van der Waals surface area (Å²) in [7, 11) is 4.11. The van der Waals surface area contributed by atoms with Gasteiger partial charge in [0.05, 0.1) is 11.7 Å². The molecule has 2 aliphatic carbocycles. The van der Waals surface area contributed by atoms with Crippen LogP contribution in [0, 0.1) is 0 Å². The second-order valence-corrected chi connectivity index (χ2v) is 10.4. The molecular formula is C25H35BrN6O. The first kappa shape index (κ1) is 23.8. The minimum Gasteiger partial charge on any atom is -0.362 e. The SMILES string of the molecule is CC(NC(=O)NC1CCC(Nc2nc3c(c(N(C)C)n2)CCCC3)CC1)c1ccc(Br)cc1. The number of carbonyl (C=O) groups is 1. The molecule has 33 heavy (non-hydrogen) atoms. The summed E-state index contributed by atoms with van der Waals surface area (Å²) in [4.78, 5) is 24.3. The molecule has 7 nitrogen and oxygen atoms in total. The van der Waals surface area contributed by atoms with Gasteiger partial charge in [0, 0.05) is 36.2 Å². The first-order valence-corrected chi connectivity index (χ1v) is 12.8. The number of nitrogens with one attached hydrogen (secondary N) is 3. The van der Waals surface area contributed by atoms with Gasteiger partial charge in [-0.2, -0.15) is 4.98 Å². The van der Waals surface area contributed by atoms with E-state index in [0.29, 0.717) is 6.04 Å². The molecule has 0 radical (unpaired) electrons. The summed E-state index contributed by atoms with van der Waals surface area (Å²) in [5, 5.41) is 9.79. The minimum absolute atomic E-state index is 0.0387. The Hall–Kier alpha value is -2.35. The Kier molecular flexibility index (Phi) is 7.73. The van der Waals surface area contributed by atoms with E-state index >= 15 is 0 Å². The predicted octanol–water partition coefficient (Wildman–Crippen LogP) is 4.97. The van der Waals surface area contributed by atoms with E-state index in [1.165, 1.54) is 24.1 Å². The molecule has 0 spiro atoms. The standard InChI is InChI=1S/C25H35BrN6O/c1-16(17-8-10-18(26)11-9-17)27-25(33)29-20-14-12-19(13-15-20)28-24-30-22-7-5-4-6-21(22)23(31-24)32(2)3/h8-11,16,19-20H,4-7,12-15H2,1-3H3,(H2,27,29,33)(H,28,30,31). The quantitative estimate of drug-likeness (QED) is 0.506. The van der Waals surface area contributed by atoms with E-state index in [4.69, 9.17) is 9.97 Å². The van der Waals surface area contributed by atoms with Crippen molar-refractivity contribution in [3.05, 3.63) is 45.6 Å². The van der Waals surface area contributed by atoms with Crippen molar-refractivity contribution in [3.8, 4) is 0 Å². The molecule has 1 atom stereocenters. The first-order chi connectivity index (χ1) is 15.9. The molecule has 0 saturated heterocycles. The van der Waals surface area contributed by atoms with Crippen LogP contribution in [0.15, 0.2) is 28.7 Å². The Morgan fingerprint density at radius 3 is 2.39 bits per heavy atom. The third-order valence-corrected chi connectivity index (χ3v) is 7.23. The number of rotatable bonds is 6. The van der Waals surface area contributed by atoms with Crippen molar-refractivity contribution < 1.29 is 4.79 Å². The number of amides is 2. The highest BCUT2D eigenvalue weighted by Crippen LogP contribution is 2.29. The summed E-state index contributed by atoms with van der Waals surface area (Å²) in [6.07, 6.45) is 8.41. The van der Waals surface area contributed by atoms with Gasteiger partial charge in [0.2, 0.25) is 5.95 Å². The van der Waals surface area contributed by atoms with Crippen LogP contribution in [0.25, 0.3) is 0 Å². The van der Waals surface area contributed by atoms with Crippen LogP contribution in [-0.2, 0) is 12.8 Å². The first-order valence-electron chi connectivity index (χ1n) is 12.0. The highest BCUT2D eigenvalue weighted by molar-refractivity contribution is 9.10. The maximum absolute atomic E-state index is 12.5. The summed E-state index contributed by atoms with van der Waals surface area (Å²) in [6, 6.07) is 8.43. The maximum Gasteiger partial charge on any atom is 0.315 e. The van der Waals surface area contributed by atoms with E-state index in [1.54, 1.807) is 0 Å². The number of nitrogens with zero attached hydrogens (tertiary/aromatic N) is 3. The average molecular weight is 516 g/mol. The van der Waals surface area contributed by atoms with Crippen LogP contribution in [0.3, 0.4) is 0 Å².